The molecule has 43 N–H and O–H groups in total. The molecule has 0 aromatic heterocycles. The van der Waals surface area contributed by atoms with Gasteiger partial charge in [0.15, 0.2) is 0 Å². The van der Waals surface area contributed by atoms with Gasteiger partial charge in [-0.15, -0.1) is 0 Å². The van der Waals surface area contributed by atoms with Crippen molar-refractivity contribution < 1.29 is 158 Å². The van der Waals surface area contributed by atoms with E-state index in [0.717, 1.165) is 0 Å². The summed E-state index contributed by atoms with van der Waals surface area (Å²) < 4.78 is 0. The van der Waals surface area contributed by atoms with Crippen LogP contribution in [0.25, 0.3) is 0 Å². The van der Waals surface area contributed by atoms with Gasteiger partial charge in [-0.25, -0.2) is 0 Å². The predicted molar refractivity (Wildman–Crippen MR) is 108 cm³/mol. The predicted octanol–water partition coefficient (Wildman–Crippen LogP) is -20.9. The normalized spacial score (nSPS) is 0.0667. The smallest absolute Gasteiger partial charge is 0.870 e. The van der Waals surface area contributed by atoms with E-state index in [0.29, 0.717) is 0 Å². The topological polar surface area (TPSA) is 739 Å². The average molecular weight is 501 g/mol. The Labute approximate surface area is 199 Å². The molecule has 0 amide bonds. The van der Waals surface area contributed by atoms with E-state index in [1.165, 1.54) is 0 Å². The van der Waals surface area contributed by atoms with Crippen molar-refractivity contribution in [2.45, 2.75) is 29.7 Å². The number of rotatable bonds is 0. The summed E-state index contributed by atoms with van der Waals surface area (Å²) in [6, 6.07) is 0. The molecule has 24 nitrogen and oxygen atoms in total. The second-order valence-corrected chi connectivity index (χ2v) is 0. The standard InChI is InChI=1S/4CH4.2Li.N2.22H2O/c;;;;;;1-2;;;;;;;;;;;;;;;;;;;;;;/h4*1H4;;;;22*1H2/q;;;;2*+1;;;;;;;;;;;;;;;;;;;;;;;/p-1. The van der Waals surface area contributed by atoms with Gasteiger partial charge in [-0.1, -0.05) is 29.7 Å². The SMILES string of the molecule is C.C.C.C.N#N.O.O.O.O.O.O.O.O.O.O.O.O.O.O.O.O.O.O.O.O.O.[Li+].[Li+].[OH-]. The Hall–Kier alpha value is -0.265. The van der Waals surface area contributed by atoms with E-state index < -0.39 is 0 Å². The third-order valence-corrected chi connectivity index (χ3v) is 0. The molecule has 0 bridgehead atoms. The fraction of sp³-hybridized carbons (Fsp3) is 1.00. The second-order valence-electron chi connectivity index (χ2n) is 0. The summed E-state index contributed by atoms with van der Waals surface area (Å²) in [4.78, 5) is 0. The molecule has 0 saturated heterocycles. The van der Waals surface area contributed by atoms with E-state index in [9.17, 15) is 0 Å². The Kier molecular flexibility index (Phi) is 476000000. The van der Waals surface area contributed by atoms with Gasteiger partial charge in [0.1, 0.15) is 0 Å². The largest absolute Gasteiger partial charge is 1.00 e. The fourth-order valence-corrected chi connectivity index (χ4v) is 0. The van der Waals surface area contributed by atoms with Crippen molar-refractivity contribution in [1.82, 2.24) is 0 Å². The number of hydrogen-bond donors (Lipinski definition) is 0. The molecule has 0 aromatic rings. The van der Waals surface area contributed by atoms with Gasteiger partial charge < -0.3 is 120 Å². The van der Waals surface area contributed by atoms with Gasteiger partial charge in [0.05, 0.1) is 0 Å². The van der Waals surface area contributed by atoms with Crippen LogP contribution in [0.1, 0.15) is 29.7 Å². The van der Waals surface area contributed by atoms with E-state index in [1.54, 1.807) is 0 Å². The molecule has 218 valence electrons. The van der Waals surface area contributed by atoms with E-state index >= 15 is 0 Å². The van der Waals surface area contributed by atoms with E-state index in [2.05, 4.69) is 0 Å². The van der Waals surface area contributed by atoms with Crippen molar-refractivity contribution in [1.29, 1.82) is 10.8 Å². The average Bonchev–Trinajstić information content (AvgIpc) is 1.00. The third-order valence-electron chi connectivity index (χ3n) is 0. The van der Waals surface area contributed by atoms with Gasteiger partial charge in [0, 0.05) is 10.8 Å². The molecule has 30 heavy (non-hydrogen) atoms. The number of nitrogens with zero attached hydrogens (tertiary/aromatic N) is 2. The molecule has 0 rings (SSSR count). The molecule has 26 heteroatoms. The summed E-state index contributed by atoms with van der Waals surface area (Å²) in [7, 11) is 0. The maximum absolute atomic E-state index is 6.00. The molecule has 0 aliphatic rings. The second kappa shape index (κ2) is 314000. The third kappa shape index (κ3) is 282000. The summed E-state index contributed by atoms with van der Waals surface area (Å²) in [5.41, 5.74) is 0. The van der Waals surface area contributed by atoms with Crippen molar-refractivity contribution in [3.8, 4) is 0 Å². The summed E-state index contributed by atoms with van der Waals surface area (Å²) in [6.45, 7) is 0. The minimum Gasteiger partial charge on any atom is -0.870 e. The molecular formula is C4H59Li2N2O22+. The molecule has 0 fully saturated rings. The van der Waals surface area contributed by atoms with Gasteiger partial charge in [-0.05, 0) is 0 Å². The zero-order valence-electron chi connectivity index (χ0n) is 13.8. The van der Waals surface area contributed by atoms with Crippen LogP contribution in [0.2, 0.25) is 0 Å². The first-order chi connectivity index (χ1) is 1.00. The van der Waals surface area contributed by atoms with Gasteiger partial charge in [-0.2, -0.15) is 0 Å². The minimum absolute atomic E-state index is 0. The zero-order chi connectivity index (χ0) is 2.00. The van der Waals surface area contributed by atoms with Crippen molar-refractivity contribution in [2.75, 3.05) is 0 Å². The molecule has 0 radical (unpaired) electrons. The van der Waals surface area contributed by atoms with Crippen LogP contribution >= 0.6 is 0 Å². The van der Waals surface area contributed by atoms with Gasteiger partial charge >= 0.3 is 37.7 Å². The van der Waals surface area contributed by atoms with Crippen LogP contribution in [0.4, 0.5) is 0 Å². The van der Waals surface area contributed by atoms with Crippen LogP contribution < -0.4 is 37.7 Å². The number of hydrogen-bond acceptors (Lipinski definition) is 3. The van der Waals surface area contributed by atoms with Gasteiger partial charge in [0.25, 0.3) is 0 Å². The Bertz CT molecular complexity index is 41.9. The minimum atomic E-state index is 0. The van der Waals surface area contributed by atoms with Gasteiger partial charge in [0.2, 0.25) is 0 Å². The molecule has 0 aromatic carbocycles. The van der Waals surface area contributed by atoms with Crippen LogP contribution in [-0.4, -0.2) is 120 Å². The maximum atomic E-state index is 6.00. The van der Waals surface area contributed by atoms with Crippen LogP contribution in [0.5, 0.6) is 0 Å². The quantitative estimate of drug-likeness (QED) is 0.230. The molecular weight excluding hydrogens is 442 g/mol. The molecule has 0 unspecified atom stereocenters. The first-order valence-electron chi connectivity index (χ1n) is 0.200. The maximum Gasteiger partial charge on any atom is 1.00 e. The van der Waals surface area contributed by atoms with Crippen LogP contribution in [0.3, 0.4) is 0 Å². The summed E-state index contributed by atoms with van der Waals surface area (Å²) >= 11 is 0. The van der Waals surface area contributed by atoms with Crippen LogP contribution in [-0.2, 0) is 0 Å². The van der Waals surface area contributed by atoms with Crippen molar-refractivity contribution in [2.24, 2.45) is 0 Å². The first-order valence-corrected chi connectivity index (χ1v) is 0.200. The Morgan fingerprint density at radius 1 is 0.200 bits per heavy atom. The first kappa shape index (κ1) is 45500. The van der Waals surface area contributed by atoms with E-state index in [1.807, 2.05) is 0 Å². The van der Waals surface area contributed by atoms with Crippen molar-refractivity contribution in [3.05, 3.63) is 0 Å². The van der Waals surface area contributed by atoms with Crippen molar-refractivity contribution >= 4 is 0 Å². The molecule has 0 saturated carbocycles. The fourth-order valence-electron chi connectivity index (χ4n) is 0. The molecule has 0 aliphatic carbocycles. The van der Waals surface area contributed by atoms with Crippen molar-refractivity contribution in [3.63, 3.8) is 0 Å². The molecule has 0 heterocycles. The zero-order valence-corrected chi connectivity index (χ0v) is 13.8. The molecule has 0 spiro atoms. The Morgan fingerprint density at radius 3 is 0.200 bits per heavy atom. The molecule has 0 aliphatic heterocycles. The monoisotopic (exact) mass is 501 g/mol. The summed E-state index contributed by atoms with van der Waals surface area (Å²) in [5.74, 6) is 0. The van der Waals surface area contributed by atoms with Gasteiger partial charge in [-0.3, -0.25) is 0 Å². The Balaban J connectivity index is -0.0000000000132. The van der Waals surface area contributed by atoms with E-state index in [4.69, 9.17) is 10.8 Å². The van der Waals surface area contributed by atoms with Crippen LogP contribution in [0.15, 0.2) is 0 Å². The molecule has 0 atom stereocenters. The van der Waals surface area contributed by atoms with Crippen LogP contribution in [0, 0.1) is 10.8 Å². The summed E-state index contributed by atoms with van der Waals surface area (Å²) in [6.07, 6.45) is 0. The van der Waals surface area contributed by atoms with E-state index in [-0.39, 0.29) is 188 Å². The Morgan fingerprint density at radius 2 is 0.200 bits per heavy atom. The summed E-state index contributed by atoms with van der Waals surface area (Å²) in [5, 5.41) is 12.0.